The Morgan fingerprint density at radius 1 is 1.20 bits per heavy atom. The van der Waals surface area contributed by atoms with Crippen LogP contribution in [0, 0.1) is 0 Å². The zero-order valence-corrected chi connectivity index (χ0v) is 14.5. The van der Waals surface area contributed by atoms with Crippen LogP contribution in [0.2, 0.25) is 0 Å². The fourth-order valence-electron chi connectivity index (χ4n) is 3.25. The average molecular weight is 334 g/mol. The number of hydrogen-bond donors (Lipinski definition) is 0. The van der Waals surface area contributed by atoms with Gasteiger partial charge in [0.15, 0.2) is 5.76 Å². The fraction of sp³-hybridized carbons (Fsp3) is 0.350. The van der Waals surface area contributed by atoms with Gasteiger partial charge in [0.25, 0.3) is 0 Å². The van der Waals surface area contributed by atoms with Crippen LogP contribution in [-0.4, -0.2) is 26.6 Å². The Balaban J connectivity index is 1.44. The number of hydrogen-bond acceptors (Lipinski definition) is 5. The molecule has 0 saturated heterocycles. The third kappa shape index (κ3) is 3.61. The van der Waals surface area contributed by atoms with E-state index in [1.165, 1.54) is 11.3 Å². The molecule has 0 aliphatic carbocycles. The zero-order chi connectivity index (χ0) is 17.1. The molecule has 3 heterocycles. The lowest BCUT2D eigenvalue weighted by Gasteiger charge is -2.27. The summed E-state index contributed by atoms with van der Waals surface area (Å²) in [5.41, 5.74) is 4.46. The van der Waals surface area contributed by atoms with Crippen LogP contribution in [0.4, 0.5) is 0 Å². The molecular formula is C20H22N4O. The Hall–Kier alpha value is -2.53. The van der Waals surface area contributed by atoms with Crippen LogP contribution in [0.1, 0.15) is 36.1 Å². The molecule has 2 aromatic heterocycles. The van der Waals surface area contributed by atoms with Gasteiger partial charge in [-0.1, -0.05) is 42.4 Å². The average Bonchev–Trinajstić information content (AvgIpc) is 3.11. The quantitative estimate of drug-likeness (QED) is 0.713. The third-order valence-corrected chi connectivity index (χ3v) is 4.54. The number of benzene rings is 1. The van der Waals surface area contributed by atoms with Crippen molar-refractivity contribution < 1.29 is 4.52 Å². The van der Waals surface area contributed by atoms with Gasteiger partial charge in [-0.2, -0.15) is 0 Å². The molecule has 0 N–H and O–H groups in total. The van der Waals surface area contributed by atoms with Gasteiger partial charge in [0.1, 0.15) is 5.82 Å². The van der Waals surface area contributed by atoms with Gasteiger partial charge in [-0.3, -0.25) is 4.90 Å². The molecule has 4 rings (SSSR count). The molecule has 0 radical (unpaired) electrons. The molecule has 0 amide bonds. The Kier molecular flexibility index (Phi) is 4.57. The Morgan fingerprint density at radius 3 is 2.92 bits per heavy atom. The maximum absolute atomic E-state index is 5.50. The summed E-state index contributed by atoms with van der Waals surface area (Å²) in [5.74, 6) is 1.79. The highest BCUT2D eigenvalue weighted by Gasteiger charge is 2.19. The molecule has 0 fully saturated rings. The standard InChI is InChI=1S/C20H22N4O/c1-2-6-20-21-12-16-13-24(10-9-18(16)22-20)14-17-11-19(25-23-17)15-7-4-3-5-8-15/h3-5,7-8,11-12H,2,6,9-10,13-14H2,1H3. The minimum absolute atomic E-state index is 0.784. The molecule has 1 aliphatic rings. The van der Waals surface area contributed by atoms with Gasteiger partial charge in [0.2, 0.25) is 0 Å². The van der Waals surface area contributed by atoms with Gasteiger partial charge in [-0.25, -0.2) is 9.97 Å². The van der Waals surface area contributed by atoms with Crippen molar-refractivity contribution in [3.63, 3.8) is 0 Å². The summed E-state index contributed by atoms with van der Waals surface area (Å²) in [6.07, 6.45) is 5.01. The van der Waals surface area contributed by atoms with E-state index in [1.54, 1.807) is 0 Å². The number of rotatable bonds is 5. The molecule has 0 unspecified atom stereocenters. The first-order valence-electron chi connectivity index (χ1n) is 8.89. The first-order chi connectivity index (χ1) is 12.3. The van der Waals surface area contributed by atoms with Crippen LogP contribution in [0.25, 0.3) is 11.3 Å². The largest absolute Gasteiger partial charge is 0.356 e. The Morgan fingerprint density at radius 2 is 2.08 bits per heavy atom. The van der Waals surface area contributed by atoms with Crippen LogP contribution in [-0.2, 0) is 25.9 Å². The van der Waals surface area contributed by atoms with E-state index in [-0.39, 0.29) is 0 Å². The van der Waals surface area contributed by atoms with Gasteiger partial charge in [0.05, 0.1) is 5.69 Å². The Bertz CT molecular complexity index is 844. The van der Waals surface area contributed by atoms with Crippen molar-refractivity contribution in [1.82, 2.24) is 20.0 Å². The molecule has 3 aromatic rings. The molecular weight excluding hydrogens is 312 g/mol. The van der Waals surface area contributed by atoms with E-state index in [1.807, 2.05) is 42.6 Å². The van der Waals surface area contributed by atoms with Crippen molar-refractivity contribution in [2.24, 2.45) is 0 Å². The minimum atomic E-state index is 0.784. The molecule has 128 valence electrons. The topological polar surface area (TPSA) is 55.1 Å². The highest BCUT2D eigenvalue weighted by molar-refractivity contribution is 5.56. The normalized spacial score (nSPS) is 14.4. The highest BCUT2D eigenvalue weighted by Crippen LogP contribution is 2.22. The monoisotopic (exact) mass is 334 g/mol. The van der Waals surface area contributed by atoms with E-state index in [0.717, 1.165) is 61.7 Å². The third-order valence-electron chi connectivity index (χ3n) is 4.54. The van der Waals surface area contributed by atoms with E-state index in [0.29, 0.717) is 0 Å². The smallest absolute Gasteiger partial charge is 0.167 e. The maximum atomic E-state index is 5.50. The number of aryl methyl sites for hydroxylation is 1. The number of nitrogens with zero attached hydrogens (tertiary/aromatic N) is 4. The summed E-state index contributed by atoms with van der Waals surface area (Å²) in [6.45, 7) is 4.80. The van der Waals surface area contributed by atoms with Crippen molar-refractivity contribution in [2.75, 3.05) is 6.54 Å². The van der Waals surface area contributed by atoms with Crippen molar-refractivity contribution in [2.45, 2.75) is 39.3 Å². The van der Waals surface area contributed by atoms with E-state index in [2.05, 4.69) is 22.0 Å². The lowest BCUT2D eigenvalue weighted by molar-refractivity contribution is 0.235. The van der Waals surface area contributed by atoms with E-state index < -0.39 is 0 Å². The van der Waals surface area contributed by atoms with Crippen LogP contribution < -0.4 is 0 Å². The Labute approximate surface area is 147 Å². The first-order valence-corrected chi connectivity index (χ1v) is 8.89. The molecule has 0 bridgehead atoms. The van der Waals surface area contributed by atoms with E-state index in [9.17, 15) is 0 Å². The van der Waals surface area contributed by atoms with Gasteiger partial charge in [-0.15, -0.1) is 0 Å². The fourth-order valence-corrected chi connectivity index (χ4v) is 3.25. The second-order valence-corrected chi connectivity index (χ2v) is 6.52. The minimum Gasteiger partial charge on any atom is -0.356 e. The summed E-state index contributed by atoms with van der Waals surface area (Å²) in [4.78, 5) is 11.6. The predicted molar refractivity (Wildman–Crippen MR) is 95.8 cm³/mol. The van der Waals surface area contributed by atoms with Gasteiger partial charge < -0.3 is 4.52 Å². The maximum Gasteiger partial charge on any atom is 0.167 e. The molecule has 1 aromatic carbocycles. The molecule has 5 heteroatoms. The van der Waals surface area contributed by atoms with E-state index in [4.69, 9.17) is 9.51 Å². The van der Waals surface area contributed by atoms with Crippen molar-refractivity contribution in [3.05, 3.63) is 65.4 Å². The molecule has 5 nitrogen and oxygen atoms in total. The van der Waals surface area contributed by atoms with Crippen molar-refractivity contribution >= 4 is 0 Å². The molecule has 0 atom stereocenters. The van der Waals surface area contributed by atoms with Crippen LogP contribution in [0.15, 0.2) is 47.1 Å². The molecule has 25 heavy (non-hydrogen) atoms. The summed E-state index contributed by atoms with van der Waals surface area (Å²) in [6, 6.07) is 12.1. The second-order valence-electron chi connectivity index (χ2n) is 6.52. The molecule has 1 aliphatic heterocycles. The van der Waals surface area contributed by atoms with Crippen LogP contribution in [0.3, 0.4) is 0 Å². The first kappa shape index (κ1) is 16.0. The SMILES string of the molecule is CCCc1ncc2c(n1)CCN(Cc1cc(-c3ccccc3)on1)C2. The summed E-state index contributed by atoms with van der Waals surface area (Å²) in [7, 11) is 0. The van der Waals surface area contributed by atoms with E-state index >= 15 is 0 Å². The lowest BCUT2D eigenvalue weighted by atomic mass is 10.1. The van der Waals surface area contributed by atoms with Crippen LogP contribution in [0.5, 0.6) is 0 Å². The van der Waals surface area contributed by atoms with Gasteiger partial charge in [-0.05, 0) is 6.42 Å². The molecule has 0 saturated carbocycles. The second kappa shape index (κ2) is 7.15. The number of aromatic nitrogens is 3. The van der Waals surface area contributed by atoms with Gasteiger partial charge in [0, 0.05) is 61.6 Å². The summed E-state index contributed by atoms with van der Waals surface area (Å²) in [5, 5.41) is 4.23. The van der Waals surface area contributed by atoms with Gasteiger partial charge >= 0.3 is 0 Å². The predicted octanol–water partition coefficient (Wildman–Crippen LogP) is 3.64. The number of fused-ring (bicyclic) bond motifs is 1. The lowest BCUT2D eigenvalue weighted by Crippen LogP contribution is -2.31. The zero-order valence-electron chi connectivity index (χ0n) is 14.5. The summed E-state index contributed by atoms with van der Waals surface area (Å²) < 4.78 is 5.50. The molecule has 0 spiro atoms. The summed E-state index contributed by atoms with van der Waals surface area (Å²) >= 11 is 0. The van der Waals surface area contributed by atoms with Crippen LogP contribution >= 0.6 is 0 Å². The van der Waals surface area contributed by atoms with Crippen molar-refractivity contribution in [3.8, 4) is 11.3 Å². The highest BCUT2D eigenvalue weighted by atomic mass is 16.5. The van der Waals surface area contributed by atoms with Crippen molar-refractivity contribution in [1.29, 1.82) is 0 Å².